The molecule has 1 aliphatic rings. The number of benzene rings is 2. The molecule has 1 aliphatic heterocycles. The molecule has 4 rings (SSSR count). The van der Waals surface area contributed by atoms with Crippen LogP contribution in [0.25, 0.3) is 0 Å². The summed E-state index contributed by atoms with van der Waals surface area (Å²) in [4.78, 5) is 10.5. The van der Waals surface area contributed by atoms with Crippen molar-refractivity contribution in [3.8, 4) is 11.5 Å². The van der Waals surface area contributed by atoms with Crippen LogP contribution in [0.15, 0.2) is 42.6 Å². The molecule has 0 atom stereocenters. The van der Waals surface area contributed by atoms with Gasteiger partial charge in [0.05, 0.1) is 24.4 Å². The van der Waals surface area contributed by atoms with Crippen LogP contribution in [-0.4, -0.2) is 59.4 Å². The molecule has 0 amide bonds. The molecule has 1 aromatic heterocycles. The molecule has 3 aromatic rings. The van der Waals surface area contributed by atoms with E-state index in [1.54, 1.807) is 13.0 Å². The molecule has 3 N–H and O–H groups in total. The number of rotatable bonds is 8. The molecule has 1 saturated heterocycles. The number of aryl methyl sites for hydroxylation is 1. The van der Waals surface area contributed by atoms with Crippen molar-refractivity contribution in [1.82, 2.24) is 14.9 Å². The van der Waals surface area contributed by atoms with Crippen molar-refractivity contribution in [3.05, 3.63) is 59.0 Å². The average molecular weight is 510 g/mol. The van der Waals surface area contributed by atoms with E-state index in [1.807, 2.05) is 24.3 Å². The van der Waals surface area contributed by atoms with E-state index in [4.69, 9.17) is 21.1 Å². The molecule has 2 heterocycles. The van der Waals surface area contributed by atoms with E-state index in [0.29, 0.717) is 29.3 Å². The number of nitrogens with one attached hydrogen (secondary N) is 2. The summed E-state index contributed by atoms with van der Waals surface area (Å²) in [6.07, 6.45) is 1.08. The number of morpholine rings is 1. The van der Waals surface area contributed by atoms with Gasteiger partial charge in [-0.25, -0.2) is 9.37 Å². The highest BCUT2D eigenvalue weighted by atomic mass is 35.5. The number of phenolic OH excluding ortho intramolecular Hbond substituents is 1. The first-order valence-corrected chi connectivity index (χ1v) is 10.9. The standard InChI is InChI=1S/C23H25ClFN5O3.ClH/c1-15-11-17(13-19(24)21(15)31)27-22-20(25)14-26-23(29-22)28-16-3-2-4-18(12-16)33-10-7-30-5-8-32-9-6-30;/h2-4,11-14,31H,5-10H2,1H3,(H2,26,27,28,29);1H. The van der Waals surface area contributed by atoms with Crippen LogP contribution in [0, 0.1) is 12.7 Å². The summed E-state index contributed by atoms with van der Waals surface area (Å²) >= 11 is 6.01. The van der Waals surface area contributed by atoms with E-state index in [2.05, 4.69) is 25.5 Å². The maximum atomic E-state index is 14.3. The Bertz CT molecular complexity index is 1090. The van der Waals surface area contributed by atoms with Gasteiger partial charge in [-0.05, 0) is 36.8 Å². The minimum atomic E-state index is -0.623. The van der Waals surface area contributed by atoms with E-state index in [0.717, 1.165) is 39.0 Å². The predicted octanol–water partition coefficient (Wildman–Crippen LogP) is 4.90. The summed E-state index contributed by atoms with van der Waals surface area (Å²) in [5.74, 6) is 0.267. The van der Waals surface area contributed by atoms with Gasteiger partial charge in [-0.15, -0.1) is 12.4 Å². The fraction of sp³-hybridized carbons (Fsp3) is 0.304. The number of halogens is 3. The second-order valence-electron chi connectivity index (χ2n) is 7.59. The largest absolute Gasteiger partial charge is 0.506 e. The molecule has 34 heavy (non-hydrogen) atoms. The van der Waals surface area contributed by atoms with Crippen LogP contribution in [-0.2, 0) is 4.74 Å². The summed E-state index contributed by atoms with van der Waals surface area (Å²) in [5, 5.41) is 15.9. The van der Waals surface area contributed by atoms with Crippen molar-refractivity contribution in [2.24, 2.45) is 0 Å². The normalized spacial score (nSPS) is 13.7. The molecule has 8 nitrogen and oxygen atoms in total. The summed E-state index contributed by atoms with van der Waals surface area (Å²) in [6, 6.07) is 10.6. The molecule has 1 fully saturated rings. The van der Waals surface area contributed by atoms with Crippen LogP contribution >= 0.6 is 24.0 Å². The maximum Gasteiger partial charge on any atom is 0.229 e. The Hall–Kier alpha value is -2.85. The van der Waals surface area contributed by atoms with E-state index < -0.39 is 5.82 Å². The van der Waals surface area contributed by atoms with Gasteiger partial charge in [0, 0.05) is 37.1 Å². The molecule has 0 spiro atoms. The van der Waals surface area contributed by atoms with Crippen LogP contribution in [0.4, 0.5) is 27.5 Å². The summed E-state index contributed by atoms with van der Waals surface area (Å²) in [7, 11) is 0. The Morgan fingerprint density at radius 1 is 1.18 bits per heavy atom. The Labute approximate surface area is 208 Å². The van der Waals surface area contributed by atoms with Crippen molar-refractivity contribution < 1.29 is 19.0 Å². The number of hydrogen-bond donors (Lipinski definition) is 3. The van der Waals surface area contributed by atoms with E-state index in [1.165, 1.54) is 6.07 Å². The Kier molecular flexibility index (Phi) is 9.12. The quantitative estimate of drug-likeness (QED) is 0.369. The van der Waals surface area contributed by atoms with Gasteiger partial charge in [-0.2, -0.15) is 4.98 Å². The number of ether oxygens (including phenoxy) is 2. The van der Waals surface area contributed by atoms with E-state index in [-0.39, 0.29) is 34.9 Å². The first-order valence-electron chi connectivity index (χ1n) is 10.6. The van der Waals surface area contributed by atoms with Crippen molar-refractivity contribution in [1.29, 1.82) is 0 Å². The zero-order chi connectivity index (χ0) is 23.2. The second kappa shape index (κ2) is 12.0. The number of anilines is 4. The molecule has 0 bridgehead atoms. The molecule has 182 valence electrons. The lowest BCUT2D eigenvalue weighted by atomic mass is 10.2. The Morgan fingerprint density at radius 2 is 1.97 bits per heavy atom. The van der Waals surface area contributed by atoms with Crippen LogP contribution in [0.5, 0.6) is 11.5 Å². The molecule has 0 radical (unpaired) electrons. The predicted molar refractivity (Wildman–Crippen MR) is 133 cm³/mol. The molecule has 2 aromatic carbocycles. The van der Waals surface area contributed by atoms with Crippen LogP contribution < -0.4 is 15.4 Å². The fourth-order valence-electron chi connectivity index (χ4n) is 3.37. The smallest absolute Gasteiger partial charge is 0.229 e. The third kappa shape index (κ3) is 6.83. The van der Waals surface area contributed by atoms with Crippen LogP contribution in [0.3, 0.4) is 0 Å². The van der Waals surface area contributed by atoms with Crippen LogP contribution in [0.2, 0.25) is 5.02 Å². The monoisotopic (exact) mass is 509 g/mol. The minimum absolute atomic E-state index is 0. The highest BCUT2D eigenvalue weighted by Gasteiger charge is 2.12. The first-order chi connectivity index (χ1) is 16.0. The Morgan fingerprint density at radius 3 is 2.74 bits per heavy atom. The van der Waals surface area contributed by atoms with E-state index in [9.17, 15) is 9.50 Å². The molecular formula is C23H26Cl2FN5O3. The number of hydrogen-bond acceptors (Lipinski definition) is 8. The molecule has 0 unspecified atom stereocenters. The number of phenols is 1. The molecule has 0 aliphatic carbocycles. The zero-order valence-corrected chi connectivity index (χ0v) is 20.1. The third-order valence-electron chi connectivity index (χ3n) is 5.13. The summed E-state index contributed by atoms with van der Waals surface area (Å²) in [6.45, 7) is 6.45. The van der Waals surface area contributed by atoms with Crippen molar-refractivity contribution >= 4 is 47.1 Å². The number of aromatic nitrogens is 2. The highest BCUT2D eigenvalue weighted by molar-refractivity contribution is 6.32. The maximum absolute atomic E-state index is 14.3. The summed E-state index contributed by atoms with van der Waals surface area (Å²) in [5.41, 5.74) is 1.76. The second-order valence-corrected chi connectivity index (χ2v) is 8.00. The van der Waals surface area contributed by atoms with Gasteiger partial charge < -0.3 is 25.2 Å². The lowest BCUT2D eigenvalue weighted by Gasteiger charge is -2.26. The molecular weight excluding hydrogens is 484 g/mol. The summed E-state index contributed by atoms with van der Waals surface area (Å²) < 4.78 is 25.5. The van der Waals surface area contributed by atoms with Crippen molar-refractivity contribution in [3.63, 3.8) is 0 Å². The van der Waals surface area contributed by atoms with Gasteiger partial charge in [0.1, 0.15) is 18.1 Å². The minimum Gasteiger partial charge on any atom is -0.506 e. The first kappa shape index (κ1) is 25.8. The molecule has 0 saturated carbocycles. The SMILES string of the molecule is Cc1cc(Nc2nc(Nc3cccc(OCCN4CCOCC4)c3)ncc2F)cc(Cl)c1O.Cl. The fourth-order valence-corrected chi connectivity index (χ4v) is 3.64. The topological polar surface area (TPSA) is 91.8 Å². The molecule has 11 heteroatoms. The average Bonchev–Trinajstić information content (AvgIpc) is 2.81. The lowest BCUT2D eigenvalue weighted by molar-refractivity contribution is 0.0322. The van der Waals surface area contributed by atoms with Gasteiger partial charge in [-0.3, -0.25) is 4.90 Å². The van der Waals surface area contributed by atoms with Gasteiger partial charge >= 0.3 is 0 Å². The third-order valence-corrected chi connectivity index (χ3v) is 5.42. The van der Waals surface area contributed by atoms with Gasteiger partial charge in [0.15, 0.2) is 11.6 Å². The van der Waals surface area contributed by atoms with Gasteiger partial charge in [-0.1, -0.05) is 17.7 Å². The Balaban J connectivity index is 0.00000324. The van der Waals surface area contributed by atoms with Crippen LogP contribution in [0.1, 0.15) is 5.56 Å². The van der Waals surface area contributed by atoms with Gasteiger partial charge in [0.2, 0.25) is 5.95 Å². The van der Waals surface area contributed by atoms with E-state index >= 15 is 0 Å². The van der Waals surface area contributed by atoms with Crippen molar-refractivity contribution in [2.45, 2.75) is 6.92 Å². The number of aromatic hydroxyl groups is 1. The van der Waals surface area contributed by atoms with Crippen molar-refractivity contribution in [2.75, 3.05) is 50.1 Å². The lowest BCUT2D eigenvalue weighted by Crippen LogP contribution is -2.38. The highest BCUT2D eigenvalue weighted by Crippen LogP contribution is 2.32. The number of nitrogens with zero attached hydrogens (tertiary/aromatic N) is 3. The van der Waals surface area contributed by atoms with Gasteiger partial charge in [0.25, 0.3) is 0 Å². The zero-order valence-electron chi connectivity index (χ0n) is 18.6.